The first-order chi connectivity index (χ1) is 25.3. The lowest BCUT2D eigenvalue weighted by Gasteiger charge is -2.62. The number of nitrogens with two attached hydrogens (primary N) is 1. The van der Waals surface area contributed by atoms with E-state index >= 15 is 0 Å². The Morgan fingerprint density at radius 1 is 1.09 bits per heavy atom. The number of nitrogens with zero attached hydrogens (tertiary/aromatic N) is 6. The summed E-state index contributed by atoms with van der Waals surface area (Å²) >= 11 is 1.62. The van der Waals surface area contributed by atoms with Crippen molar-refractivity contribution in [3.63, 3.8) is 0 Å². The average Bonchev–Trinajstić information content (AvgIpc) is 3.74. The summed E-state index contributed by atoms with van der Waals surface area (Å²) in [5.74, 6) is 1.34. The van der Waals surface area contributed by atoms with Gasteiger partial charge >= 0.3 is 5.97 Å². The highest BCUT2D eigenvalue weighted by atomic mass is 35.5. The van der Waals surface area contributed by atoms with Gasteiger partial charge in [0, 0.05) is 75.2 Å². The molecule has 54 heavy (non-hydrogen) atoms. The van der Waals surface area contributed by atoms with Gasteiger partial charge in [-0.05, 0) is 67.6 Å². The summed E-state index contributed by atoms with van der Waals surface area (Å²) in [4.78, 5) is 58.4. The maximum atomic E-state index is 13.7. The molecule has 2 bridgehead atoms. The van der Waals surface area contributed by atoms with Crippen LogP contribution in [0.1, 0.15) is 92.4 Å². The van der Waals surface area contributed by atoms with Crippen LogP contribution < -0.4 is 16.0 Å². The van der Waals surface area contributed by atoms with Gasteiger partial charge in [0.25, 0.3) is 0 Å². The van der Waals surface area contributed by atoms with Gasteiger partial charge in [-0.15, -0.1) is 24.2 Å². The third kappa shape index (κ3) is 7.22. The number of aryl methyl sites for hydroxylation is 1. The minimum Gasteiger partial charge on any atom is -0.461 e. The molecule has 0 spiro atoms. The Kier molecular flexibility index (Phi) is 12.2. The van der Waals surface area contributed by atoms with E-state index < -0.39 is 23.0 Å². The number of imidazole rings is 1. The highest BCUT2D eigenvalue weighted by molar-refractivity contribution is 8.00. The van der Waals surface area contributed by atoms with Crippen LogP contribution in [0.15, 0.2) is 6.33 Å². The number of rotatable bonds is 9. The fourth-order valence-electron chi connectivity index (χ4n) is 10.9. The molecule has 8 atom stereocenters. The monoisotopic (exact) mass is 788 g/mol. The molecule has 0 radical (unpaired) electrons. The van der Waals surface area contributed by atoms with Crippen molar-refractivity contribution in [1.29, 1.82) is 0 Å². The molecule has 2 aromatic heterocycles. The quantitative estimate of drug-likeness (QED) is 0.305. The predicted molar refractivity (Wildman–Crippen MR) is 213 cm³/mol. The highest BCUT2D eigenvalue weighted by Gasteiger charge is 2.68. The van der Waals surface area contributed by atoms with E-state index in [0.29, 0.717) is 50.1 Å². The van der Waals surface area contributed by atoms with Crippen LogP contribution in [0.25, 0.3) is 11.2 Å². The number of piperazine rings is 1. The number of thioether (sulfide) groups is 1. The number of ether oxygens (including phenoxy) is 1. The maximum Gasteiger partial charge on any atom is 0.316 e. The molecule has 0 unspecified atom stereocenters. The molecule has 2 saturated heterocycles. The van der Waals surface area contributed by atoms with Crippen LogP contribution in [0.3, 0.4) is 0 Å². The lowest BCUT2D eigenvalue weighted by atomic mass is 9.43. The summed E-state index contributed by atoms with van der Waals surface area (Å²) in [7, 11) is 0. The van der Waals surface area contributed by atoms with Crippen LogP contribution in [-0.2, 0) is 25.7 Å². The number of Topliss-reactive ketones (excluding diaryl/α,β-unsaturated/α-hetero) is 1. The Hall–Kier alpha value is -2.68. The van der Waals surface area contributed by atoms with Crippen molar-refractivity contribution < 1.29 is 24.2 Å². The fraction of sp³-hybridized carbons (Fsp3) is 0.795. The van der Waals surface area contributed by atoms with Crippen LogP contribution in [-0.4, -0.2) is 110 Å². The smallest absolute Gasteiger partial charge is 0.316 e. The SMILES string of the molecule is CC[C@]1(C)C[C@@H](OC(=O)CSC2CCN(C(=O)CCn3cnc4c(N5CCNCC5)nc(N)nc43)CC2)[C@]2(C)[C@H](C)CC[C@]3(CCC(=O)[C@@H]32)[C@@H](C)[C@@H]1O.Cl. The molecule has 5 aliphatic rings. The first-order valence-electron chi connectivity index (χ1n) is 20.0. The number of halogens is 1. The molecule has 4 heterocycles. The zero-order chi connectivity index (χ0) is 37.7. The predicted octanol–water partition coefficient (Wildman–Crippen LogP) is 4.48. The number of nitrogen functional groups attached to an aromatic ring is 1. The van der Waals surface area contributed by atoms with Crippen LogP contribution in [0.5, 0.6) is 0 Å². The number of carbonyl (C=O) groups excluding carboxylic acids is 3. The minimum atomic E-state index is -0.565. The number of likely N-dealkylation sites (tertiary alicyclic amines) is 1. The summed E-state index contributed by atoms with van der Waals surface area (Å²) in [6, 6.07) is 0. The molecule has 7 rings (SSSR count). The van der Waals surface area contributed by atoms with Crippen molar-refractivity contribution in [3.8, 4) is 0 Å². The Balaban J connectivity index is 0.00000497. The van der Waals surface area contributed by atoms with E-state index in [1.165, 1.54) is 0 Å². The molecule has 2 aromatic rings. The molecule has 3 aliphatic carbocycles. The van der Waals surface area contributed by atoms with Gasteiger partial charge in [-0.2, -0.15) is 9.97 Å². The number of esters is 1. The summed E-state index contributed by atoms with van der Waals surface area (Å²) in [5.41, 5.74) is 6.30. The third-order valence-corrected chi connectivity index (χ3v) is 16.0. The maximum absolute atomic E-state index is 13.7. The van der Waals surface area contributed by atoms with Crippen LogP contribution in [0, 0.1) is 34.0 Å². The van der Waals surface area contributed by atoms with Crippen molar-refractivity contribution in [2.45, 2.75) is 116 Å². The van der Waals surface area contributed by atoms with Crippen LogP contribution >= 0.6 is 24.2 Å². The van der Waals surface area contributed by atoms with Gasteiger partial charge in [-0.1, -0.05) is 34.6 Å². The van der Waals surface area contributed by atoms with E-state index in [2.05, 4.69) is 59.8 Å². The first kappa shape index (κ1) is 41.0. The molecule has 15 heteroatoms. The largest absolute Gasteiger partial charge is 0.461 e. The number of aromatic nitrogens is 4. The Morgan fingerprint density at radius 3 is 2.52 bits per heavy atom. The summed E-state index contributed by atoms with van der Waals surface area (Å²) < 4.78 is 8.39. The second-order valence-electron chi connectivity index (χ2n) is 17.3. The third-order valence-electron chi connectivity index (χ3n) is 14.7. The topological polar surface area (TPSA) is 169 Å². The molecule has 3 saturated carbocycles. The number of aliphatic hydroxyl groups is 1. The number of hydrogen-bond acceptors (Lipinski definition) is 12. The molecule has 13 nitrogen and oxygen atoms in total. The normalized spacial score (nSPS) is 34.6. The van der Waals surface area contributed by atoms with Crippen LogP contribution in [0.2, 0.25) is 0 Å². The second-order valence-corrected chi connectivity index (χ2v) is 18.5. The van der Waals surface area contributed by atoms with E-state index in [9.17, 15) is 19.5 Å². The number of anilines is 2. The number of piperidine rings is 1. The second kappa shape index (κ2) is 16.1. The van der Waals surface area contributed by atoms with E-state index in [0.717, 1.165) is 70.5 Å². The number of nitrogens with one attached hydrogen (secondary N) is 1. The molecular formula is C39H61ClN8O5S. The van der Waals surface area contributed by atoms with Gasteiger partial charge < -0.3 is 35.3 Å². The number of carbonyl (C=O) groups is 3. The van der Waals surface area contributed by atoms with E-state index in [1.807, 2.05) is 9.47 Å². The first-order valence-corrected chi connectivity index (χ1v) is 21.1. The van der Waals surface area contributed by atoms with Gasteiger partial charge in [0.2, 0.25) is 11.9 Å². The van der Waals surface area contributed by atoms with Gasteiger partial charge in [0.15, 0.2) is 17.0 Å². The standard InChI is InChI=1S/C39H60N8O5S.ClH/c1-6-37(4)21-28(38(5)24(2)7-12-39(25(3)33(37)51)13-8-27(48)32(38)39)52-30(50)22-53-26-9-16-45(17-10-26)29(49)11-18-47-23-42-31-34(43-36(40)44-35(31)47)46-19-14-41-15-20-46;/h23-26,28,32-33,41,51H,6-22H2,1-5H3,(H2,40,43,44);1H/t24-,25+,28-,32-,33+,37-,38+,39+;/m1./s1. The van der Waals surface area contributed by atoms with Gasteiger partial charge in [0.05, 0.1) is 18.2 Å². The van der Waals surface area contributed by atoms with E-state index in [4.69, 9.17) is 10.5 Å². The van der Waals surface area contributed by atoms with E-state index in [1.54, 1.807) is 18.1 Å². The summed E-state index contributed by atoms with van der Waals surface area (Å²) in [5, 5.41) is 15.5. The molecular weight excluding hydrogens is 728 g/mol. The van der Waals surface area contributed by atoms with Crippen molar-refractivity contribution in [2.24, 2.45) is 34.0 Å². The summed E-state index contributed by atoms with van der Waals surface area (Å²) in [6.07, 6.45) is 7.28. The van der Waals surface area contributed by atoms with Crippen molar-refractivity contribution in [1.82, 2.24) is 29.7 Å². The molecule has 300 valence electrons. The summed E-state index contributed by atoms with van der Waals surface area (Å²) in [6.45, 7) is 16.0. The lowest BCUT2D eigenvalue weighted by molar-refractivity contribution is -0.211. The number of amides is 1. The number of aliphatic hydroxyl groups excluding tert-OH is 1. The number of fused-ring (bicyclic) bond motifs is 1. The van der Waals surface area contributed by atoms with Crippen LogP contribution in [0.4, 0.5) is 11.8 Å². The van der Waals surface area contributed by atoms with Gasteiger partial charge in [-0.3, -0.25) is 14.4 Å². The van der Waals surface area contributed by atoms with Gasteiger partial charge in [-0.25, -0.2) is 4.98 Å². The zero-order valence-electron chi connectivity index (χ0n) is 32.7. The van der Waals surface area contributed by atoms with Crippen molar-refractivity contribution >= 4 is 64.8 Å². The highest BCUT2D eigenvalue weighted by Crippen LogP contribution is 2.68. The number of ketones is 1. The lowest BCUT2D eigenvalue weighted by Crippen LogP contribution is -2.63. The zero-order valence-corrected chi connectivity index (χ0v) is 34.4. The average molecular weight is 789 g/mol. The molecule has 2 aliphatic heterocycles. The molecule has 1 amide bonds. The Bertz CT molecular complexity index is 1700. The minimum absolute atomic E-state index is 0. The number of hydrogen-bond donors (Lipinski definition) is 3. The van der Waals surface area contributed by atoms with Gasteiger partial charge in [0.1, 0.15) is 11.9 Å². The molecule has 0 aromatic carbocycles. The Labute approximate surface area is 330 Å². The van der Waals surface area contributed by atoms with Crippen molar-refractivity contribution in [2.75, 3.05) is 55.7 Å². The molecule has 5 fully saturated rings. The van der Waals surface area contributed by atoms with E-state index in [-0.39, 0.29) is 70.2 Å². The fourth-order valence-corrected chi connectivity index (χ4v) is 11.9. The Morgan fingerprint density at radius 2 is 1.81 bits per heavy atom. The van der Waals surface area contributed by atoms with Crippen molar-refractivity contribution in [3.05, 3.63) is 6.33 Å². The molecule has 4 N–H and O–H groups in total.